The number of aromatic nitrogens is 1. The van der Waals surface area contributed by atoms with E-state index in [1.165, 1.54) is 262 Å². The zero-order valence-corrected chi connectivity index (χ0v) is 80.6. The van der Waals surface area contributed by atoms with Crippen LogP contribution in [0.25, 0.3) is 70.3 Å². The fourth-order valence-electron chi connectivity index (χ4n) is 22.3. The van der Waals surface area contributed by atoms with E-state index < -0.39 is 5.97 Å². The van der Waals surface area contributed by atoms with Crippen LogP contribution in [0.2, 0.25) is 0 Å². The third-order valence-electron chi connectivity index (χ3n) is 28.8. The molecule has 0 spiro atoms. The maximum atomic E-state index is 12.2. The van der Waals surface area contributed by atoms with E-state index in [0.717, 1.165) is 112 Å². The Morgan fingerprint density at radius 3 is 1.09 bits per heavy atom. The van der Waals surface area contributed by atoms with Crippen molar-refractivity contribution >= 4 is 89.3 Å². The van der Waals surface area contributed by atoms with Gasteiger partial charge in [0.2, 0.25) is 0 Å². The molecule has 0 amide bonds. The van der Waals surface area contributed by atoms with Gasteiger partial charge in [-0.05, 0) is 245 Å². The number of ether oxygens (including phenoxy) is 2. The van der Waals surface area contributed by atoms with E-state index >= 15 is 0 Å². The summed E-state index contributed by atoms with van der Waals surface area (Å²) in [6.07, 6.45) is 51.8. The molecule has 8 nitrogen and oxygen atoms in total. The van der Waals surface area contributed by atoms with E-state index in [4.69, 9.17) is 9.47 Å². The van der Waals surface area contributed by atoms with Gasteiger partial charge < -0.3 is 28.9 Å². The lowest BCUT2D eigenvalue weighted by Gasteiger charge is -2.40. The zero-order chi connectivity index (χ0) is 88.5. The standard InChI is InChI=1S/C117H148N4O4S2/c1-10-19-28-41-72-115(73-42-29-20-11-2)101-53-40-38-51-98(101)107-109(115)106-97-50-37-39-52-100(97)116(74-43-30-21-12-3,75-44-31-22-13-4)110(106)108-99-71-66-93(82-102(99)117(111(107)108,76-45-32-23-14-5)77-46-33-24-15-6)121(88-56-54-86(55-57-88)105-84-104-113(127-105)112-103(119(104)78-47-34-25-16-7)83-96(126-112)81-87(85-118)114(122)123)90-60-58-89(59-61-90)120(91-62-67-94(68-63-91)124-79-48-35-26-17-8)92-64-69-95(70-65-92)125-80-49-36-27-18-9/h37-40,50-71,81-84H,10-36,41-49,72-80H2,1-9H3,(H,122,123)/b87-81-. The third kappa shape index (κ3) is 20.6. The van der Waals surface area contributed by atoms with Crippen LogP contribution in [0.15, 0.2) is 181 Å². The molecule has 0 unspecified atom stereocenters. The van der Waals surface area contributed by atoms with Gasteiger partial charge in [-0.15, -0.1) is 22.7 Å². The smallest absolute Gasteiger partial charge is 0.346 e. The molecule has 8 aromatic carbocycles. The summed E-state index contributed by atoms with van der Waals surface area (Å²) in [6.45, 7) is 23.5. The van der Waals surface area contributed by atoms with Crippen LogP contribution < -0.4 is 19.3 Å². The fraction of sp³-hybridized carbons (Fsp3) is 0.487. The molecule has 0 fully saturated rings. The van der Waals surface area contributed by atoms with E-state index in [1.807, 2.05) is 17.4 Å². The van der Waals surface area contributed by atoms with Crippen molar-refractivity contribution in [2.45, 2.75) is 355 Å². The summed E-state index contributed by atoms with van der Waals surface area (Å²) in [5.41, 5.74) is 28.5. The molecular formula is C117H148N4O4S2. The predicted molar refractivity (Wildman–Crippen MR) is 546 cm³/mol. The molecule has 11 aromatic rings. The number of aryl methyl sites for hydroxylation is 1. The van der Waals surface area contributed by atoms with E-state index in [-0.39, 0.29) is 21.8 Å². The number of carbonyl (C=O) groups is 1. The molecule has 0 aliphatic heterocycles. The summed E-state index contributed by atoms with van der Waals surface area (Å²) in [6, 6.07) is 71.2. The molecule has 3 aliphatic carbocycles. The predicted octanol–water partition coefficient (Wildman–Crippen LogP) is 36.6. The summed E-state index contributed by atoms with van der Waals surface area (Å²) in [5, 5.41) is 19.9. The van der Waals surface area contributed by atoms with Crippen LogP contribution in [-0.2, 0) is 27.6 Å². The number of anilines is 6. The van der Waals surface area contributed by atoms with Gasteiger partial charge >= 0.3 is 5.97 Å². The number of nitriles is 1. The Hall–Kier alpha value is -9.14. The van der Waals surface area contributed by atoms with Gasteiger partial charge in [-0.2, -0.15) is 5.26 Å². The second kappa shape index (κ2) is 45.9. The quantitative estimate of drug-likeness (QED) is 0.0231. The van der Waals surface area contributed by atoms with Crippen molar-refractivity contribution in [2.75, 3.05) is 23.0 Å². The van der Waals surface area contributed by atoms with Gasteiger partial charge in [-0.25, -0.2) is 4.79 Å². The van der Waals surface area contributed by atoms with Gasteiger partial charge in [-0.3, -0.25) is 0 Å². The molecule has 14 rings (SSSR count). The number of carboxylic acids is 1. The van der Waals surface area contributed by atoms with Crippen molar-refractivity contribution in [2.24, 2.45) is 0 Å². The first-order valence-corrected chi connectivity index (χ1v) is 52.3. The maximum Gasteiger partial charge on any atom is 0.346 e. The second-order valence-electron chi connectivity index (χ2n) is 37.6. The molecule has 3 aliphatic rings. The number of benzene rings is 8. The number of aliphatic carboxylic acids is 1. The lowest BCUT2D eigenvalue weighted by Crippen LogP contribution is -2.31. The van der Waals surface area contributed by atoms with Crippen molar-refractivity contribution in [1.29, 1.82) is 5.26 Å². The Kier molecular flexibility index (Phi) is 34.0. The van der Waals surface area contributed by atoms with Crippen LogP contribution in [-0.4, -0.2) is 28.9 Å². The lowest BCUT2D eigenvalue weighted by molar-refractivity contribution is -0.132. The highest BCUT2D eigenvalue weighted by Crippen LogP contribution is 2.72. The largest absolute Gasteiger partial charge is 0.494 e. The summed E-state index contributed by atoms with van der Waals surface area (Å²) in [7, 11) is 0. The Bertz CT molecular complexity index is 5340. The molecule has 1 N–H and O–H groups in total. The summed E-state index contributed by atoms with van der Waals surface area (Å²) in [4.78, 5) is 19.2. The van der Waals surface area contributed by atoms with Crippen molar-refractivity contribution in [3.63, 3.8) is 0 Å². The molecule has 0 atom stereocenters. The van der Waals surface area contributed by atoms with Crippen molar-refractivity contribution in [3.8, 4) is 61.4 Å². The average Bonchev–Trinajstić information content (AvgIpc) is 1.48. The fourth-order valence-corrected chi connectivity index (χ4v) is 24.7. The summed E-state index contributed by atoms with van der Waals surface area (Å²) >= 11 is 3.41. The molecule has 0 radical (unpaired) electrons. The Morgan fingerprint density at radius 1 is 0.370 bits per heavy atom. The number of unbranched alkanes of at least 4 members (excludes halogenated alkanes) is 27. The number of hydrogen-bond donors (Lipinski definition) is 1. The molecule has 10 heteroatoms. The highest BCUT2D eigenvalue weighted by molar-refractivity contribution is 7.29. The van der Waals surface area contributed by atoms with E-state index in [2.05, 4.69) is 253 Å². The van der Waals surface area contributed by atoms with Crippen molar-refractivity contribution < 1.29 is 19.4 Å². The van der Waals surface area contributed by atoms with E-state index in [1.54, 1.807) is 67.5 Å². The summed E-state index contributed by atoms with van der Waals surface area (Å²) in [5.74, 6) is 0.575. The van der Waals surface area contributed by atoms with Crippen molar-refractivity contribution in [1.82, 2.24) is 4.57 Å². The average molecular weight is 1740 g/mol. The molecular weight excluding hydrogens is 1590 g/mol. The van der Waals surface area contributed by atoms with Gasteiger partial charge in [0.05, 0.1) is 33.6 Å². The van der Waals surface area contributed by atoms with E-state index in [0.29, 0.717) is 13.2 Å². The van der Waals surface area contributed by atoms with Gasteiger partial charge in [0, 0.05) is 66.7 Å². The minimum absolute atomic E-state index is 0.144. The van der Waals surface area contributed by atoms with Crippen LogP contribution >= 0.6 is 22.7 Å². The third-order valence-corrected chi connectivity index (χ3v) is 31.2. The number of fused-ring (bicyclic) bond motifs is 15. The normalized spacial score (nSPS) is 13.7. The Balaban J connectivity index is 1.01. The summed E-state index contributed by atoms with van der Waals surface area (Å²) < 4.78 is 17.6. The number of carboxylic acid groups (broad SMARTS) is 1. The molecule has 3 aromatic heterocycles. The molecule has 0 saturated carbocycles. The van der Waals surface area contributed by atoms with Gasteiger partial charge in [0.1, 0.15) is 23.1 Å². The van der Waals surface area contributed by atoms with Gasteiger partial charge in [-0.1, -0.05) is 341 Å². The highest BCUT2D eigenvalue weighted by Gasteiger charge is 2.58. The molecule has 0 saturated heterocycles. The maximum absolute atomic E-state index is 12.2. The van der Waals surface area contributed by atoms with Crippen LogP contribution in [0.4, 0.5) is 34.1 Å². The first-order valence-electron chi connectivity index (χ1n) is 50.7. The minimum Gasteiger partial charge on any atom is -0.494 e. The van der Waals surface area contributed by atoms with Crippen LogP contribution in [0.3, 0.4) is 0 Å². The van der Waals surface area contributed by atoms with Gasteiger partial charge in [0.15, 0.2) is 0 Å². The van der Waals surface area contributed by atoms with Crippen LogP contribution in [0.5, 0.6) is 11.5 Å². The molecule has 127 heavy (non-hydrogen) atoms. The zero-order valence-electron chi connectivity index (χ0n) is 78.9. The molecule has 672 valence electrons. The van der Waals surface area contributed by atoms with Crippen LogP contribution in [0, 0.1) is 11.3 Å². The Morgan fingerprint density at radius 2 is 0.701 bits per heavy atom. The monoisotopic (exact) mass is 1740 g/mol. The van der Waals surface area contributed by atoms with Crippen LogP contribution in [0.1, 0.15) is 370 Å². The SMILES string of the molecule is CCCCCCOc1ccc(N(c2ccc(OCCCCCC)cc2)c2ccc(N(c3ccc(-c4cc5c(s4)c4sc(/C=C(/C#N)C(=O)O)cc4n5CCCCCC)cc3)c3ccc4c(c3)C(CCCCCC)(CCCCCC)c3c5c(c6c(c3-4)C(CCCCCC)(CCCCCC)c3ccccc3-6)C(CCCCCC)(CCCCCC)c3ccccc3-5)cc2)cc1. The second-order valence-corrected chi connectivity index (χ2v) is 39.7. The van der Waals surface area contributed by atoms with Gasteiger partial charge in [0.25, 0.3) is 0 Å². The number of nitrogens with zero attached hydrogens (tertiary/aromatic N) is 4. The van der Waals surface area contributed by atoms with Crippen molar-refractivity contribution in [3.05, 3.63) is 220 Å². The molecule has 3 heterocycles. The number of hydrogen-bond acceptors (Lipinski definition) is 8. The first kappa shape index (κ1) is 94.0. The minimum atomic E-state index is -1.20. The highest BCUT2D eigenvalue weighted by atomic mass is 32.1. The van der Waals surface area contributed by atoms with E-state index in [9.17, 15) is 15.2 Å². The lowest BCUT2D eigenvalue weighted by atomic mass is 9.63. The first-order chi connectivity index (χ1) is 62.4. The topological polar surface area (TPSA) is 91.0 Å². The number of rotatable bonds is 56. The number of thiophene rings is 2. The molecule has 0 bridgehead atoms. The Labute approximate surface area is 772 Å².